The van der Waals surface area contributed by atoms with Crippen molar-refractivity contribution < 1.29 is 8.42 Å². The second kappa shape index (κ2) is 6.64. The number of thiazole rings is 1. The standard InChI is InChI=1S/C16H17N3O2S2/c1-19-10-15(9-17-19)23(20,21)12-14-11-22-16(18-14)8-7-13-5-3-2-4-6-13/h2-6,9-11H,7-8,12H2,1H3. The van der Waals surface area contributed by atoms with Gasteiger partial charge in [0.05, 0.1) is 22.7 Å². The van der Waals surface area contributed by atoms with E-state index in [1.165, 1.54) is 34.0 Å². The molecule has 0 N–H and O–H groups in total. The summed E-state index contributed by atoms with van der Waals surface area (Å²) < 4.78 is 26.1. The van der Waals surface area contributed by atoms with E-state index >= 15 is 0 Å². The molecule has 0 aliphatic heterocycles. The van der Waals surface area contributed by atoms with Gasteiger partial charge in [-0.3, -0.25) is 4.68 Å². The van der Waals surface area contributed by atoms with Crippen LogP contribution >= 0.6 is 11.3 Å². The molecule has 2 heterocycles. The van der Waals surface area contributed by atoms with Crippen molar-refractivity contribution in [1.82, 2.24) is 14.8 Å². The van der Waals surface area contributed by atoms with Crippen molar-refractivity contribution in [3.63, 3.8) is 0 Å². The molecule has 3 aromatic rings. The first-order valence-electron chi connectivity index (χ1n) is 7.21. The molecule has 0 saturated carbocycles. The van der Waals surface area contributed by atoms with Crippen LogP contribution in [0.4, 0.5) is 0 Å². The fraction of sp³-hybridized carbons (Fsp3) is 0.250. The maximum absolute atomic E-state index is 12.3. The first kappa shape index (κ1) is 15.9. The minimum Gasteiger partial charge on any atom is -0.274 e. The van der Waals surface area contributed by atoms with Gasteiger partial charge >= 0.3 is 0 Å². The van der Waals surface area contributed by atoms with Crippen LogP contribution in [0.5, 0.6) is 0 Å². The number of sulfone groups is 1. The molecule has 0 fully saturated rings. The summed E-state index contributed by atoms with van der Waals surface area (Å²) in [5.41, 5.74) is 1.86. The zero-order valence-electron chi connectivity index (χ0n) is 12.7. The Morgan fingerprint density at radius 1 is 1.17 bits per heavy atom. The van der Waals surface area contributed by atoms with Gasteiger partial charge in [-0.05, 0) is 12.0 Å². The van der Waals surface area contributed by atoms with Gasteiger partial charge in [-0.25, -0.2) is 13.4 Å². The predicted octanol–water partition coefficient (Wildman–Crippen LogP) is 2.64. The molecule has 3 rings (SSSR count). The molecule has 0 atom stereocenters. The number of aromatic nitrogens is 3. The molecular formula is C16H17N3O2S2. The van der Waals surface area contributed by atoms with Gasteiger partial charge < -0.3 is 0 Å². The van der Waals surface area contributed by atoms with E-state index in [2.05, 4.69) is 22.2 Å². The second-order valence-corrected chi connectivity index (χ2v) is 8.26. The van der Waals surface area contributed by atoms with Crippen LogP contribution in [0.15, 0.2) is 53.0 Å². The minimum atomic E-state index is -3.39. The van der Waals surface area contributed by atoms with Gasteiger partial charge in [-0.15, -0.1) is 11.3 Å². The molecule has 0 bridgehead atoms. The van der Waals surface area contributed by atoms with Crippen LogP contribution in [0, 0.1) is 0 Å². The highest BCUT2D eigenvalue weighted by atomic mass is 32.2. The summed E-state index contributed by atoms with van der Waals surface area (Å²) in [7, 11) is -1.69. The molecular weight excluding hydrogens is 330 g/mol. The van der Waals surface area contributed by atoms with E-state index in [0.29, 0.717) is 5.69 Å². The van der Waals surface area contributed by atoms with Crippen LogP contribution in [-0.2, 0) is 35.5 Å². The number of rotatable bonds is 6. The molecule has 0 spiro atoms. The maximum atomic E-state index is 12.3. The van der Waals surface area contributed by atoms with Gasteiger partial charge in [0, 0.05) is 25.0 Å². The van der Waals surface area contributed by atoms with Gasteiger partial charge in [0.2, 0.25) is 0 Å². The quantitative estimate of drug-likeness (QED) is 0.687. The number of nitrogens with zero attached hydrogens (tertiary/aromatic N) is 3. The van der Waals surface area contributed by atoms with Gasteiger partial charge in [-0.1, -0.05) is 30.3 Å². The van der Waals surface area contributed by atoms with Crippen molar-refractivity contribution in [3.05, 3.63) is 64.4 Å². The summed E-state index contributed by atoms with van der Waals surface area (Å²) in [5.74, 6) is -0.0828. The van der Waals surface area contributed by atoms with Gasteiger partial charge in [0.25, 0.3) is 0 Å². The third-order valence-electron chi connectivity index (χ3n) is 3.45. The van der Waals surface area contributed by atoms with Crippen LogP contribution < -0.4 is 0 Å². The lowest BCUT2D eigenvalue weighted by molar-refractivity contribution is 0.594. The van der Waals surface area contributed by atoms with Gasteiger partial charge in [-0.2, -0.15) is 5.10 Å². The minimum absolute atomic E-state index is 0.0828. The lowest BCUT2D eigenvalue weighted by Gasteiger charge is -1.99. The van der Waals surface area contributed by atoms with E-state index in [1.54, 1.807) is 7.05 Å². The average molecular weight is 347 g/mol. The summed E-state index contributed by atoms with van der Waals surface area (Å²) in [4.78, 5) is 4.69. The molecule has 23 heavy (non-hydrogen) atoms. The number of aryl methyl sites for hydroxylation is 3. The zero-order chi connectivity index (χ0) is 16.3. The van der Waals surface area contributed by atoms with Crippen LogP contribution in [0.2, 0.25) is 0 Å². The first-order chi connectivity index (χ1) is 11.0. The maximum Gasteiger partial charge on any atom is 0.187 e. The average Bonchev–Trinajstić information content (AvgIpc) is 3.15. The van der Waals surface area contributed by atoms with E-state index in [-0.39, 0.29) is 10.6 Å². The summed E-state index contributed by atoms with van der Waals surface area (Å²) >= 11 is 1.51. The SMILES string of the molecule is Cn1cc(S(=O)(=O)Cc2csc(CCc3ccccc3)n2)cn1. The van der Waals surface area contributed by atoms with Crippen molar-refractivity contribution in [1.29, 1.82) is 0 Å². The summed E-state index contributed by atoms with van der Waals surface area (Å²) in [6.07, 6.45) is 4.61. The van der Waals surface area contributed by atoms with Crippen molar-refractivity contribution in [2.24, 2.45) is 7.05 Å². The van der Waals surface area contributed by atoms with Gasteiger partial charge in [0.15, 0.2) is 9.84 Å². The number of hydrogen-bond acceptors (Lipinski definition) is 5. The lowest BCUT2D eigenvalue weighted by Crippen LogP contribution is -2.04. The van der Waals surface area contributed by atoms with Crippen LogP contribution in [0.3, 0.4) is 0 Å². The number of hydrogen-bond donors (Lipinski definition) is 0. The fourth-order valence-electron chi connectivity index (χ4n) is 2.26. The Balaban J connectivity index is 1.65. The molecule has 5 nitrogen and oxygen atoms in total. The van der Waals surface area contributed by atoms with Gasteiger partial charge in [0.1, 0.15) is 4.90 Å². The van der Waals surface area contributed by atoms with Crippen molar-refractivity contribution in [3.8, 4) is 0 Å². The van der Waals surface area contributed by atoms with E-state index < -0.39 is 9.84 Å². The van der Waals surface area contributed by atoms with E-state index in [0.717, 1.165) is 17.8 Å². The van der Waals surface area contributed by atoms with E-state index in [9.17, 15) is 8.42 Å². The molecule has 0 saturated heterocycles. The Kier molecular flexibility index (Phi) is 4.58. The Bertz CT molecular complexity index is 883. The Morgan fingerprint density at radius 2 is 1.96 bits per heavy atom. The molecule has 2 aromatic heterocycles. The van der Waals surface area contributed by atoms with E-state index in [4.69, 9.17) is 0 Å². The van der Waals surface area contributed by atoms with Crippen LogP contribution in [0.25, 0.3) is 0 Å². The molecule has 7 heteroatoms. The molecule has 0 aliphatic rings. The van der Waals surface area contributed by atoms with E-state index in [1.807, 2.05) is 23.6 Å². The normalized spacial score (nSPS) is 11.7. The fourth-order valence-corrected chi connectivity index (χ4v) is 4.39. The summed E-state index contributed by atoms with van der Waals surface area (Å²) in [6, 6.07) is 10.2. The Hall–Kier alpha value is -1.99. The third-order valence-corrected chi connectivity index (χ3v) is 6.01. The highest BCUT2D eigenvalue weighted by Crippen LogP contribution is 2.19. The third kappa shape index (κ3) is 4.05. The molecule has 0 aliphatic carbocycles. The van der Waals surface area contributed by atoms with Crippen molar-refractivity contribution >= 4 is 21.2 Å². The molecule has 1 aromatic carbocycles. The topological polar surface area (TPSA) is 64.8 Å². The molecule has 0 unspecified atom stereocenters. The highest BCUT2D eigenvalue weighted by Gasteiger charge is 2.19. The lowest BCUT2D eigenvalue weighted by atomic mass is 10.1. The van der Waals surface area contributed by atoms with Crippen molar-refractivity contribution in [2.45, 2.75) is 23.5 Å². The Morgan fingerprint density at radius 3 is 2.65 bits per heavy atom. The zero-order valence-corrected chi connectivity index (χ0v) is 14.3. The second-order valence-electron chi connectivity index (χ2n) is 5.33. The van der Waals surface area contributed by atoms with Crippen LogP contribution in [0.1, 0.15) is 16.3 Å². The first-order valence-corrected chi connectivity index (χ1v) is 9.75. The summed E-state index contributed by atoms with van der Waals surface area (Å²) in [5, 5.41) is 6.70. The largest absolute Gasteiger partial charge is 0.274 e. The molecule has 120 valence electrons. The Labute approximate surface area is 139 Å². The highest BCUT2D eigenvalue weighted by molar-refractivity contribution is 7.90. The molecule has 0 amide bonds. The van der Waals surface area contributed by atoms with Crippen molar-refractivity contribution in [2.75, 3.05) is 0 Å². The van der Waals surface area contributed by atoms with Crippen LogP contribution in [-0.4, -0.2) is 23.2 Å². The number of benzene rings is 1. The smallest absolute Gasteiger partial charge is 0.187 e. The summed E-state index contributed by atoms with van der Waals surface area (Å²) in [6.45, 7) is 0. The predicted molar refractivity (Wildman–Crippen MR) is 90.1 cm³/mol. The monoisotopic (exact) mass is 347 g/mol. The molecule has 0 radical (unpaired) electrons.